The molecule has 0 unspecified atom stereocenters. The van der Waals surface area contributed by atoms with E-state index in [1.807, 2.05) is 6.07 Å². The molecule has 4 heteroatoms. The van der Waals surface area contributed by atoms with E-state index in [0.717, 1.165) is 22.5 Å². The van der Waals surface area contributed by atoms with E-state index in [2.05, 4.69) is 28.2 Å². The molecule has 0 spiro atoms. The highest BCUT2D eigenvalue weighted by Gasteiger charge is 2.21. The lowest BCUT2D eigenvalue weighted by atomic mass is 9.99. The summed E-state index contributed by atoms with van der Waals surface area (Å²) in [6.45, 7) is 3.02. The molecule has 1 fully saturated rings. The molecule has 1 atom stereocenters. The van der Waals surface area contributed by atoms with Crippen LogP contribution < -0.4 is 5.32 Å². The molecular weight excluding hydrogens is 306 g/mol. The molecule has 0 radical (unpaired) electrons. The van der Waals surface area contributed by atoms with E-state index in [0.29, 0.717) is 11.6 Å². The van der Waals surface area contributed by atoms with Crippen LogP contribution in [0.25, 0.3) is 0 Å². The third-order valence-electron chi connectivity index (χ3n) is 4.02. The molecular formula is C15H20BrNO2. The molecule has 0 saturated heterocycles. The Labute approximate surface area is 122 Å². The zero-order valence-electron chi connectivity index (χ0n) is 11.2. The fourth-order valence-electron chi connectivity index (χ4n) is 2.72. The van der Waals surface area contributed by atoms with E-state index in [-0.39, 0.29) is 0 Å². The summed E-state index contributed by atoms with van der Waals surface area (Å²) in [6, 6.07) is 5.72. The van der Waals surface area contributed by atoms with Crippen LogP contribution in [0.3, 0.4) is 0 Å². The van der Waals surface area contributed by atoms with E-state index in [9.17, 15) is 4.79 Å². The van der Waals surface area contributed by atoms with Crippen molar-refractivity contribution in [2.45, 2.75) is 45.2 Å². The SMILES string of the molecule is C[C@H](NCc1ccc(C(=O)O)cc1Br)C1CCCC1. The molecule has 1 aromatic carbocycles. The summed E-state index contributed by atoms with van der Waals surface area (Å²) >= 11 is 3.45. The number of carbonyl (C=O) groups is 1. The van der Waals surface area contributed by atoms with Gasteiger partial charge in [-0.25, -0.2) is 4.79 Å². The Kier molecular flexibility index (Phi) is 4.99. The average Bonchev–Trinajstić information content (AvgIpc) is 2.90. The standard InChI is InChI=1S/C15H20BrNO2/c1-10(11-4-2-3-5-11)17-9-13-7-6-12(15(18)19)8-14(13)16/h6-8,10-11,17H,2-5,9H2,1H3,(H,18,19)/t10-/m0/s1. The Balaban J connectivity index is 1.93. The van der Waals surface area contributed by atoms with E-state index in [4.69, 9.17) is 5.11 Å². The lowest BCUT2D eigenvalue weighted by Gasteiger charge is -2.20. The number of carboxylic acids is 1. The van der Waals surface area contributed by atoms with Crippen molar-refractivity contribution in [1.29, 1.82) is 0 Å². The second-order valence-electron chi connectivity index (χ2n) is 5.33. The lowest BCUT2D eigenvalue weighted by Crippen LogP contribution is -2.31. The van der Waals surface area contributed by atoms with Gasteiger partial charge in [0.2, 0.25) is 0 Å². The van der Waals surface area contributed by atoms with E-state index in [1.165, 1.54) is 25.7 Å². The number of aromatic carboxylic acids is 1. The zero-order valence-corrected chi connectivity index (χ0v) is 12.7. The second-order valence-corrected chi connectivity index (χ2v) is 6.18. The van der Waals surface area contributed by atoms with Crippen LogP contribution in [0.2, 0.25) is 0 Å². The molecule has 3 nitrogen and oxygen atoms in total. The van der Waals surface area contributed by atoms with Crippen LogP contribution in [0, 0.1) is 5.92 Å². The summed E-state index contributed by atoms with van der Waals surface area (Å²) in [7, 11) is 0. The number of hydrogen-bond acceptors (Lipinski definition) is 2. The Morgan fingerprint density at radius 2 is 2.16 bits per heavy atom. The third kappa shape index (κ3) is 3.80. The average molecular weight is 326 g/mol. The number of hydrogen-bond donors (Lipinski definition) is 2. The van der Waals surface area contributed by atoms with Crippen molar-refractivity contribution >= 4 is 21.9 Å². The van der Waals surface area contributed by atoms with E-state index >= 15 is 0 Å². The monoisotopic (exact) mass is 325 g/mol. The Morgan fingerprint density at radius 3 is 2.74 bits per heavy atom. The van der Waals surface area contributed by atoms with Gasteiger partial charge in [-0.2, -0.15) is 0 Å². The summed E-state index contributed by atoms with van der Waals surface area (Å²) in [4.78, 5) is 10.9. The number of halogens is 1. The zero-order chi connectivity index (χ0) is 13.8. The normalized spacial score (nSPS) is 17.6. The van der Waals surface area contributed by atoms with Crippen LogP contribution in [0.4, 0.5) is 0 Å². The van der Waals surface area contributed by atoms with Crippen LogP contribution in [0.5, 0.6) is 0 Å². The Morgan fingerprint density at radius 1 is 1.47 bits per heavy atom. The fourth-order valence-corrected chi connectivity index (χ4v) is 3.24. The molecule has 0 aromatic heterocycles. The van der Waals surface area contributed by atoms with Crippen LogP contribution in [0.15, 0.2) is 22.7 Å². The molecule has 0 bridgehead atoms. The lowest BCUT2D eigenvalue weighted by molar-refractivity contribution is 0.0697. The molecule has 0 heterocycles. The molecule has 19 heavy (non-hydrogen) atoms. The van der Waals surface area contributed by atoms with Gasteiger partial charge in [0.1, 0.15) is 0 Å². The largest absolute Gasteiger partial charge is 0.478 e. The number of nitrogens with one attached hydrogen (secondary N) is 1. The third-order valence-corrected chi connectivity index (χ3v) is 4.76. The van der Waals surface area contributed by atoms with Gasteiger partial charge in [0.25, 0.3) is 0 Å². The van der Waals surface area contributed by atoms with Gasteiger partial charge in [-0.15, -0.1) is 0 Å². The van der Waals surface area contributed by atoms with E-state index < -0.39 is 5.97 Å². The molecule has 1 aliphatic rings. The minimum absolute atomic E-state index is 0.319. The predicted octanol–water partition coefficient (Wildman–Crippen LogP) is 3.82. The first-order valence-corrected chi connectivity index (χ1v) is 7.62. The van der Waals surface area contributed by atoms with Gasteiger partial charge in [-0.3, -0.25) is 0 Å². The second kappa shape index (κ2) is 6.53. The van der Waals surface area contributed by atoms with Crippen LogP contribution in [-0.4, -0.2) is 17.1 Å². The molecule has 0 amide bonds. The smallest absolute Gasteiger partial charge is 0.335 e. The van der Waals surface area contributed by atoms with Crippen molar-refractivity contribution < 1.29 is 9.90 Å². The first kappa shape index (κ1) is 14.5. The molecule has 104 valence electrons. The van der Waals surface area contributed by atoms with Gasteiger partial charge >= 0.3 is 5.97 Å². The van der Waals surface area contributed by atoms with Crippen molar-refractivity contribution in [3.05, 3.63) is 33.8 Å². The molecule has 0 aliphatic heterocycles. The van der Waals surface area contributed by atoms with Crippen molar-refractivity contribution in [2.24, 2.45) is 5.92 Å². The van der Waals surface area contributed by atoms with E-state index in [1.54, 1.807) is 12.1 Å². The fraction of sp³-hybridized carbons (Fsp3) is 0.533. The van der Waals surface area contributed by atoms with Gasteiger partial charge in [0, 0.05) is 17.1 Å². The predicted molar refractivity (Wildman–Crippen MR) is 79.4 cm³/mol. The van der Waals surface area contributed by atoms with Crippen molar-refractivity contribution in [3.8, 4) is 0 Å². The quantitative estimate of drug-likeness (QED) is 0.865. The van der Waals surface area contributed by atoms with Gasteiger partial charge < -0.3 is 10.4 Å². The first-order chi connectivity index (χ1) is 9.08. The van der Waals surface area contributed by atoms with Gasteiger partial charge in [-0.05, 0) is 43.4 Å². The molecule has 1 aliphatic carbocycles. The summed E-state index contributed by atoms with van der Waals surface area (Å²) in [5, 5.41) is 12.5. The number of benzene rings is 1. The number of carboxylic acid groups (broad SMARTS) is 1. The van der Waals surface area contributed by atoms with Crippen molar-refractivity contribution in [3.63, 3.8) is 0 Å². The highest BCUT2D eigenvalue weighted by molar-refractivity contribution is 9.10. The highest BCUT2D eigenvalue weighted by atomic mass is 79.9. The maximum atomic E-state index is 10.9. The molecule has 1 saturated carbocycles. The molecule has 1 aromatic rings. The van der Waals surface area contributed by atoms with Gasteiger partial charge in [0.05, 0.1) is 5.56 Å². The highest BCUT2D eigenvalue weighted by Crippen LogP contribution is 2.28. The topological polar surface area (TPSA) is 49.3 Å². The maximum Gasteiger partial charge on any atom is 0.335 e. The summed E-state index contributed by atoms with van der Waals surface area (Å²) in [5.74, 6) is -0.100. The summed E-state index contributed by atoms with van der Waals surface area (Å²) in [6.07, 6.45) is 5.36. The van der Waals surface area contributed by atoms with Crippen LogP contribution in [-0.2, 0) is 6.54 Å². The minimum atomic E-state index is -0.889. The van der Waals surface area contributed by atoms with Crippen LogP contribution >= 0.6 is 15.9 Å². The van der Waals surface area contributed by atoms with Crippen LogP contribution in [0.1, 0.15) is 48.5 Å². The Hall–Kier alpha value is -0.870. The summed E-state index contributed by atoms with van der Waals surface area (Å²) in [5.41, 5.74) is 1.43. The minimum Gasteiger partial charge on any atom is -0.478 e. The maximum absolute atomic E-state index is 10.9. The number of rotatable bonds is 5. The molecule has 2 N–H and O–H groups in total. The Bertz CT molecular complexity index is 455. The van der Waals surface area contributed by atoms with Crippen molar-refractivity contribution in [2.75, 3.05) is 0 Å². The van der Waals surface area contributed by atoms with Crippen molar-refractivity contribution in [1.82, 2.24) is 5.32 Å². The van der Waals surface area contributed by atoms with Gasteiger partial charge in [0.15, 0.2) is 0 Å². The summed E-state index contributed by atoms with van der Waals surface area (Å²) < 4.78 is 0.860. The molecule has 2 rings (SSSR count). The first-order valence-electron chi connectivity index (χ1n) is 6.83. The van der Waals surface area contributed by atoms with Gasteiger partial charge in [-0.1, -0.05) is 34.8 Å².